The van der Waals surface area contributed by atoms with E-state index in [9.17, 15) is 4.79 Å². The zero-order chi connectivity index (χ0) is 21.5. The van der Waals surface area contributed by atoms with E-state index in [1.807, 2.05) is 38.2 Å². The van der Waals surface area contributed by atoms with Crippen LogP contribution in [0.3, 0.4) is 0 Å². The number of hydrogen-bond donors (Lipinski definition) is 3. The fourth-order valence-corrected chi connectivity index (χ4v) is 3.05. The zero-order valence-electron chi connectivity index (χ0n) is 16.6. The lowest BCUT2D eigenvalue weighted by molar-refractivity contribution is 0.194. The Morgan fingerprint density at radius 1 is 1.13 bits per heavy atom. The van der Waals surface area contributed by atoms with Gasteiger partial charge in [0.15, 0.2) is 0 Å². The fraction of sp³-hybridized carbons (Fsp3) is 0.250. The molecular formula is C20H22ClN7O2. The Hall–Kier alpha value is -3.46. The Labute approximate surface area is 179 Å². The van der Waals surface area contributed by atoms with Crippen molar-refractivity contribution < 1.29 is 9.90 Å². The molecule has 30 heavy (non-hydrogen) atoms. The highest BCUT2D eigenvalue weighted by Gasteiger charge is 2.11. The largest absolute Gasteiger partial charge is 0.465 e. The number of halogens is 1. The van der Waals surface area contributed by atoms with Gasteiger partial charge in [0.25, 0.3) is 0 Å². The molecule has 0 aliphatic carbocycles. The number of hydrogen-bond acceptors (Lipinski definition) is 7. The van der Waals surface area contributed by atoms with Crippen LogP contribution in [0.15, 0.2) is 48.8 Å². The van der Waals surface area contributed by atoms with Gasteiger partial charge in [-0.1, -0.05) is 24.3 Å². The topological polar surface area (TPSA) is 116 Å². The van der Waals surface area contributed by atoms with Crippen LogP contribution in [0.2, 0.25) is 5.28 Å². The smallest absolute Gasteiger partial charge is 0.404 e. The van der Waals surface area contributed by atoms with Crippen molar-refractivity contribution in [1.82, 2.24) is 25.3 Å². The van der Waals surface area contributed by atoms with Gasteiger partial charge in [-0.3, -0.25) is 0 Å². The summed E-state index contributed by atoms with van der Waals surface area (Å²) < 4.78 is 0. The van der Waals surface area contributed by atoms with E-state index in [4.69, 9.17) is 16.7 Å². The van der Waals surface area contributed by atoms with Gasteiger partial charge in [-0.25, -0.2) is 19.7 Å². The van der Waals surface area contributed by atoms with Crippen molar-refractivity contribution in [2.75, 3.05) is 17.3 Å². The van der Waals surface area contributed by atoms with Gasteiger partial charge in [0, 0.05) is 32.0 Å². The van der Waals surface area contributed by atoms with Crippen LogP contribution >= 0.6 is 11.6 Å². The van der Waals surface area contributed by atoms with Crippen molar-refractivity contribution in [2.45, 2.75) is 25.9 Å². The average Bonchev–Trinajstić information content (AvgIpc) is 2.72. The number of aromatic nitrogens is 4. The lowest BCUT2D eigenvalue weighted by atomic mass is 10.0. The number of carboxylic acid groups (broad SMARTS) is 1. The molecule has 0 aliphatic heterocycles. The van der Waals surface area contributed by atoms with E-state index < -0.39 is 6.09 Å². The number of rotatable bonds is 8. The highest BCUT2D eigenvalue weighted by Crippen LogP contribution is 2.21. The summed E-state index contributed by atoms with van der Waals surface area (Å²) >= 11 is 5.87. The number of nitrogens with one attached hydrogen (secondary N) is 2. The molecule has 1 unspecified atom stereocenters. The van der Waals surface area contributed by atoms with E-state index in [1.165, 1.54) is 0 Å². The summed E-state index contributed by atoms with van der Waals surface area (Å²) in [6.07, 6.45) is 2.95. The zero-order valence-corrected chi connectivity index (χ0v) is 17.3. The molecule has 156 valence electrons. The van der Waals surface area contributed by atoms with E-state index >= 15 is 0 Å². The van der Waals surface area contributed by atoms with Gasteiger partial charge in [0.2, 0.25) is 11.2 Å². The molecule has 0 spiro atoms. The molecule has 0 fully saturated rings. The van der Waals surface area contributed by atoms with Crippen LogP contribution in [0.4, 0.5) is 22.4 Å². The SMILES string of the molecule is CC(Cc1cccc(CNC(=O)O)c1)Nc1nccc(N(C)c2ccnc(Cl)n2)n1. The summed E-state index contributed by atoms with van der Waals surface area (Å²) in [6.45, 7) is 2.31. The molecule has 9 nitrogen and oxygen atoms in total. The van der Waals surface area contributed by atoms with Crippen LogP contribution in [0.1, 0.15) is 18.1 Å². The van der Waals surface area contributed by atoms with Crippen molar-refractivity contribution in [1.29, 1.82) is 0 Å². The number of nitrogens with zero attached hydrogens (tertiary/aromatic N) is 5. The third kappa shape index (κ3) is 6.02. The van der Waals surface area contributed by atoms with Gasteiger partial charge in [0.1, 0.15) is 11.6 Å². The average molecular weight is 428 g/mol. The number of amides is 1. The van der Waals surface area contributed by atoms with E-state index in [2.05, 4.69) is 30.6 Å². The van der Waals surface area contributed by atoms with E-state index in [0.717, 1.165) is 17.5 Å². The fourth-order valence-electron chi connectivity index (χ4n) is 2.91. The van der Waals surface area contributed by atoms with Gasteiger partial charge in [0.05, 0.1) is 0 Å². The molecule has 1 aromatic carbocycles. The second-order valence-corrected chi connectivity index (χ2v) is 7.05. The molecule has 1 amide bonds. The van der Waals surface area contributed by atoms with Crippen LogP contribution in [0, 0.1) is 0 Å². The molecule has 0 saturated heterocycles. The highest BCUT2D eigenvalue weighted by atomic mass is 35.5. The van der Waals surface area contributed by atoms with Crippen LogP contribution in [0.5, 0.6) is 0 Å². The molecule has 10 heteroatoms. The normalized spacial score (nSPS) is 11.6. The minimum absolute atomic E-state index is 0.0572. The first-order chi connectivity index (χ1) is 14.4. The van der Waals surface area contributed by atoms with Gasteiger partial charge < -0.3 is 20.6 Å². The molecule has 3 aromatic rings. The Kier molecular flexibility index (Phi) is 6.97. The first kappa shape index (κ1) is 21.3. The molecule has 0 radical (unpaired) electrons. The maximum absolute atomic E-state index is 10.7. The first-order valence-corrected chi connectivity index (χ1v) is 9.65. The molecule has 3 N–H and O–H groups in total. The van der Waals surface area contributed by atoms with Crippen molar-refractivity contribution in [3.05, 3.63) is 65.2 Å². The minimum atomic E-state index is -1.04. The Balaban J connectivity index is 1.64. The third-order valence-corrected chi connectivity index (χ3v) is 4.47. The van der Waals surface area contributed by atoms with Gasteiger partial charge in [-0.2, -0.15) is 4.98 Å². The lowest BCUT2D eigenvalue weighted by Gasteiger charge is -2.19. The third-order valence-electron chi connectivity index (χ3n) is 4.29. The number of benzene rings is 1. The van der Waals surface area contributed by atoms with E-state index in [1.54, 1.807) is 29.4 Å². The summed E-state index contributed by atoms with van der Waals surface area (Å²) in [4.78, 5) is 29.4. The number of anilines is 3. The summed E-state index contributed by atoms with van der Waals surface area (Å²) in [5.41, 5.74) is 1.99. The maximum atomic E-state index is 10.7. The molecule has 0 aliphatic rings. The monoisotopic (exact) mass is 427 g/mol. The van der Waals surface area contributed by atoms with Gasteiger partial charge in [-0.05, 0) is 48.2 Å². The van der Waals surface area contributed by atoms with Crippen LogP contribution in [-0.4, -0.2) is 44.2 Å². The second kappa shape index (κ2) is 9.84. The van der Waals surface area contributed by atoms with E-state index in [0.29, 0.717) is 17.6 Å². The van der Waals surface area contributed by atoms with Crippen molar-refractivity contribution in [2.24, 2.45) is 0 Å². The summed E-state index contributed by atoms with van der Waals surface area (Å²) in [6, 6.07) is 11.4. The van der Waals surface area contributed by atoms with Crippen LogP contribution in [-0.2, 0) is 13.0 Å². The molecular weight excluding hydrogens is 406 g/mol. The van der Waals surface area contributed by atoms with Gasteiger partial charge >= 0.3 is 6.09 Å². The van der Waals surface area contributed by atoms with Crippen LogP contribution < -0.4 is 15.5 Å². The molecule has 2 aromatic heterocycles. The molecule has 0 saturated carbocycles. The molecule has 1 atom stereocenters. The Morgan fingerprint density at radius 2 is 1.83 bits per heavy atom. The summed E-state index contributed by atoms with van der Waals surface area (Å²) in [7, 11) is 1.84. The predicted molar refractivity (Wildman–Crippen MR) is 115 cm³/mol. The Bertz CT molecular complexity index is 1020. The summed E-state index contributed by atoms with van der Waals surface area (Å²) in [5, 5.41) is 14.6. The van der Waals surface area contributed by atoms with E-state index in [-0.39, 0.29) is 17.9 Å². The quantitative estimate of drug-likeness (QED) is 0.468. The predicted octanol–water partition coefficient (Wildman–Crippen LogP) is 3.50. The first-order valence-electron chi connectivity index (χ1n) is 9.27. The van der Waals surface area contributed by atoms with Crippen LogP contribution in [0.25, 0.3) is 0 Å². The van der Waals surface area contributed by atoms with Crippen molar-refractivity contribution in [3.8, 4) is 0 Å². The van der Waals surface area contributed by atoms with Crippen molar-refractivity contribution >= 4 is 35.3 Å². The molecule has 3 rings (SSSR count). The lowest BCUT2D eigenvalue weighted by Crippen LogP contribution is -2.22. The molecule has 0 bridgehead atoms. The standard InChI is InChI=1S/C20H22ClN7O2/c1-13(10-14-4-3-5-15(11-14)12-24-20(29)30)25-19-23-9-7-17(27-19)28(2)16-6-8-22-18(21)26-16/h3-9,11,13,24H,10,12H2,1-2H3,(H,29,30)(H,23,25,27). The Morgan fingerprint density at radius 3 is 2.57 bits per heavy atom. The highest BCUT2D eigenvalue weighted by molar-refractivity contribution is 6.28. The molecule has 2 heterocycles. The minimum Gasteiger partial charge on any atom is -0.465 e. The number of carbonyl (C=O) groups is 1. The maximum Gasteiger partial charge on any atom is 0.404 e. The second-order valence-electron chi connectivity index (χ2n) is 6.71. The van der Waals surface area contributed by atoms with Gasteiger partial charge in [-0.15, -0.1) is 0 Å². The van der Waals surface area contributed by atoms with Crippen molar-refractivity contribution in [3.63, 3.8) is 0 Å². The summed E-state index contributed by atoms with van der Waals surface area (Å²) in [5.74, 6) is 1.78.